The molecule has 0 N–H and O–H groups in total. The second-order valence-electron chi connectivity index (χ2n) is 3.88. The standard InChI is InChI=1S/C5H4Cl.3CH3.Sn/c1-2-4-3-5(4)6;;;;/h4-5H,3H2;3*1H3;/t4-,5-;;;;/m1..../s1. The van der Waals surface area contributed by atoms with Gasteiger partial charge in [-0.3, -0.25) is 0 Å². The number of rotatable bonds is 0. The van der Waals surface area contributed by atoms with Gasteiger partial charge in [0.15, 0.2) is 0 Å². The van der Waals surface area contributed by atoms with Crippen LogP contribution in [0.1, 0.15) is 6.42 Å². The van der Waals surface area contributed by atoms with Crippen LogP contribution >= 0.6 is 11.6 Å². The van der Waals surface area contributed by atoms with Crippen molar-refractivity contribution in [1.29, 1.82) is 0 Å². The first-order valence-corrected chi connectivity index (χ1v) is 14.1. The predicted octanol–water partition coefficient (Wildman–Crippen LogP) is 2.49. The maximum absolute atomic E-state index is 5.80. The van der Waals surface area contributed by atoms with E-state index in [1.165, 1.54) is 0 Å². The van der Waals surface area contributed by atoms with Crippen LogP contribution in [-0.2, 0) is 0 Å². The molecule has 2 atom stereocenters. The maximum atomic E-state index is 5.80. The quantitative estimate of drug-likeness (QED) is 0.358. The van der Waals surface area contributed by atoms with Crippen molar-refractivity contribution in [3.63, 3.8) is 0 Å². The average molecular weight is 263 g/mol. The molecule has 0 saturated heterocycles. The van der Waals surface area contributed by atoms with Gasteiger partial charge < -0.3 is 0 Å². The van der Waals surface area contributed by atoms with E-state index in [0.29, 0.717) is 11.3 Å². The van der Waals surface area contributed by atoms with Gasteiger partial charge in [0.05, 0.1) is 0 Å². The summed E-state index contributed by atoms with van der Waals surface area (Å²) >= 11 is 4.02. The first-order valence-electron chi connectivity index (χ1n) is 3.66. The minimum atomic E-state index is -1.78. The van der Waals surface area contributed by atoms with E-state index in [2.05, 4.69) is 24.7 Å². The van der Waals surface area contributed by atoms with Gasteiger partial charge in [0.1, 0.15) is 0 Å². The Balaban J connectivity index is 2.40. The number of hydrogen-bond acceptors (Lipinski definition) is 0. The van der Waals surface area contributed by atoms with E-state index >= 15 is 0 Å². The third-order valence-electron chi connectivity index (χ3n) is 1.35. The van der Waals surface area contributed by atoms with Gasteiger partial charge in [0, 0.05) is 0 Å². The zero-order chi connectivity index (χ0) is 7.78. The summed E-state index contributed by atoms with van der Waals surface area (Å²) in [6.07, 6.45) is 1.12. The van der Waals surface area contributed by atoms with E-state index in [4.69, 9.17) is 11.6 Å². The first kappa shape index (κ1) is 8.74. The van der Waals surface area contributed by atoms with Gasteiger partial charge in [-0.15, -0.1) is 0 Å². The van der Waals surface area contributed by atoms with Crippen molar-refractivity contribution in [3.8, 4) is 9.86 Å². The van der Waals surface area contributed by atoms with E-state index in [0.717, 1.165) is 6.42 Å². The summed E-state index contributed by atoms with van der Waals surface area (Å²) in [5.74, 6) is 3.80. The summed E-state index contributed by atoms with van der Waals surface area (Å²) in [6, 6.07) is 0. The molecule has 56 valence electrons. The van der Waals surface area contributed by atoms with E-state index in [1.54, 1.807) is 0 Å². The Morgan fingerprint density at radius 3 is 2.20 bits per heavy atom. The minimum absolute atomic E-state index is 0.376. The molecule has 0 spiro atoms. The molecule has 0 nitrogen and oxygen atoms in total. The molecule has 0 bridgehead atoms. The molecule has 0 radical (unpaired) electrons. The van der Waals surface area contributed by atoms with E-state index < -0.39 is 18.4 Å². The van der Waals surface area contributed by atoms with Crippen molar-refractivity contribution in [2.75, 3.05) is 0 Å². The van der Waals surface area contributed by atoms with Crippen LogP contribution in [0.2, 0.25) is 14.8 Å². The Morgan fingerprint density at radius 2 is 1.90 bits per heavy atom. The summed E-state index contributed by atoms with van der Waals surface area (Å²) in [6.45, 7) is 0. The predicted molar refractivity (Wildman–Crippen MR) is 48.9 cm³/mol. The van der Waals surface area contributed by atoms with Crippen molar-refractivity contribution in [2.45, 2.75) is 26.6 Å². The fraction of sp³-hybridized carbons (Fsp3) is 0.750. The molecular weight excluding hydrogens is 250 g/mol. The Hall–Kier alpha value is 0.649. The van der Waals surface area contributed by atoms with Crippen molar-refractivity contribution < 1.29 is 0 Å². The van der Waals surface area contributed by atoms with Crippen LogP contribution < -0.4 is 0 Å². The second-order valence-corrected chi connectivity index (χ2v) is 18.0. The molecule has 1 rings (SSSR count). The monoisotopic (exact) mass is 264 g/mol. The van der Waals surface area contributed by atoms with Crippen LogP contribution in [-0.4, -0.2) is 23.8 Å². The molecule has 1 aliphatic rings. The third kappa shape index (κ3) is 3.16. The molecule has 1 aliphatic carbocycles. The molecule has 1 fully saturated rings. The molecule has 0 unspecified atom stereocenters. The van der Waals surface area contributed by atoms with Gasteiger partial charge >= 0.3 is 72.4 Å². The Labute approximate surface area is 72.2 Å². The zero-order valence-electron chi connectivity index (χ0n) is 6.74. The van der Waals surface area contributed by atoms with Crippen LogP contribution in [0, 0.1) is 15.8 Å². The van der Waals surface area contributed by atoms with Crippen LogP contribution in [0.4, 0.5) is 0 Å². The summed E-state index contributed by atoms with van der Waals surface area (Å²) in [5, 5.41) is 0.376. The van der Waals surface area contributed by atoms with Crippen molar-refractivity contribution >= 4 is 30.0 Å². The van der Waals surface area contributed by atoms with E-state index in [1.807, 2.05) is 0 Å². The van der Waals surface area contributed by atoms with Gasteiger partial charge in [-0.25, -0.2) is 0 Å². The first-order chi connectivity index (χ1) is 4.49. The molecule has 0 aromatic rings. The van der Waals surface area contributed by atoms with Crippen molar-refractivity contribution in [3.05, 3.63) is 0 Å². The van der Waals surface area contributed by atoms with Gasteiger partial charge in [0.25, 0.3) is 0 Å². The van der Waals surface area contributed by atoms with Gasteiger partial charge in [0.2, 0.25) is 0 Å². The Bertz CT molecular complexity index is 182. The van der Waals surface area contributed by atoms with Crippen molar-refractivity contribution in [2.24, 2.45) is 5.92 Å². The van der Waals surface area contributed by atoms with Crippen LogP contribution in [0.25, 0.3) is 0 Å². The molecule has 0 aromatic heterocycles. The second kappa shape index (κ2) is 2.95. The van der Waals surface area contributed by atoms with Gasteiger partial charge in [-0.1, -0.05) is 0 Å². The van der Waals surface area contributed by atoms with Crippen LogP contribution in [0.15, 0.2) is 0 Å². The number of halogens is 1. The molecular formula is C8H13ClSn. The fourth-order valence-electron chi connectivity index (χ4n) is 0.623. The average Bonchev–Trinajstić information content (AvgIpc) is 2.40. The van der Waals surface area contributed by atoms with E-state index in [-0.39, 0.29) is 0 Å². The Morgan fingerprint density at radius 1 is 1.40 bits per heavy atom. The molecule has 2 heteroatoms. The SMILES string of the molecule is [CH3][Sn]([CH3])([CH3])[C]#C[C@@H]1C[C@H]1Cl. The molecule has 0 aromatic carbocycles. The molecule has 0 amide bonds. The molecule has 0 aliphatic heterocycles. The van der Waals surface area contributed by atoms with E-state index in [9.17, 15) is 0 Å². The molecule has 1 saturated carbocycles. The Kier molecular flexibility index (Phi) is 2.58. The zero-order valence-corrected chi connectivity index (χ0v) is 10.3. The topological polar surface area (TPSA) is 0 Å². The normalized spacial score (nSPS) is 30.8. The molecule has 10 heavy (non-hydrogen) atoms. The summed E-state index contributed by atoms with van der Waals surface area (Å²) < 4.78 is 3.39. The number of hydrogen-bond donors (Lipinski definition) is 0. The molecule has 0 heterocycles. The summed E-state index contributed by atoms with van der Waals surface area (Å²) in [5.41, 5.74) is 0. The van der Waals surface area contributed by atoms with Crippen LogP contribution in [0.5, 0.6) is 0 Å². The van der Waals surface area contributed by atoms with Gasteiger partial charge in [-0.05, 0) is 0 Å². The fourth-order valence-corrected chi connectivity index (χ4v) is 2.64. The van der Waals surface area contributed by atoms with Crippen molar-refractivity contribution in [1.82, 2.24) is 0 Å². The van der Waals surface area contributed by atoms with Crippen LogP contribution in [0.3, 0.4) is 0 Å². The van der Waals surface area contributed by atoms with Gasteiger partial charge in [-0.2, -0.15) is 0 Å². The summed E-state index contributed by atoms with van der Waals surface area (Å²) in [4.78, 5) is 6.98. The summed E-state index contributed by atoms with van der Waals surface area (Å²) in [7, 11) is 0. The third-order valence-corrected chi connectivity index (χ3v) is 4.38. The number of alkyl halides is 1.